The van der Waals surface area contributed by atoms with E-state index >= 15 is 0 Å². The third-order valence-corrected chi connectivity index (χ3v) is 16.4. The van der Waals surface area contributed by atoms with Crippen molar-refractivity contribution in [1.82, 2.24) is 88.1 Å². The second kappa shape index (κ2) is 24.2. The Morgan fingerprint density at radius 2 is 0.933 bits per heavy atom. The summed E-state index contributed by atoms with van der Waals surface area (Å²) in [6, 6.07) is 25.6. The van der Waals surface area contributed by atoms with Crippen molar-refractivity contribution in [3.05, 3.63) is 178 Å². The van der Waals surface area contributed by atoms with Gasteiger partial charge in [-0.1, -0.05) is 24.6 Å². The number of amides is 3. The van der Waals surface area contributed by atoms with Gasteiger partial charge in [0.15, 0.2) is 16.9 Å². The number of hydrogen-bond acceptors (Lipinski definition) is 15. The average molecular weight is 1220 g/mol. The monoisotopic (exact) mass is 1220 g/mol. The van der Waals surface area contributed by atoms with Crippen LogP contribution in [0.5, 0.6) is 0 Å². The number of aromatic nitrogens is 18. The number of rotatable bonds is 13. The van der Waals surface area contributed by atoms with Crippen molar-refractivity contribution in [3.63, 3.8) is 0 Å². The van der Waals surface area contributed by atoms with Crippen LogP contribution in [-0.2, 0) is 59.7 Å². The number of nitrogens with zero attached hydrogens (tertiary/aromatic N) is 18. The number of carbonyl (C=O) groups is 3. The number of nitrogens with two attached hydrogens (primary N) is 3. The van der Waals surface area contributed by atoms with Gasteiger partial charge in [-0.3, -0.25) is 38.4 Å². The molecule has 15 heterocycles. The van der Waals surface area contributed by atoms with Crippen LogP contribution < -0.4 is 17.2 Å². The highest BCUT2D eigenvalue weighted by molar-refractivity contribution is 6.31. The van der Waals surface area contributed by atoms with Crippen molar-refractivity contribution in [1.29, 1.82) is 0 Å². The number of aryl methyl sites for hydroxylation is 7. The molecule has 12 aromatic rings. The number of halogens is 1. The SMILES string of the molecule is CCc1cccc(-c2nn3c(c2-c2ccc4ncnn4c2/C=C/C(N)=O)CCC3)n1.Cc1cc(C)nc(-c2nn3c(c2-c2ccc4ncnn4c2/C=C/C(N)=O)CCC3)c1.Cc1nc(-c2nn3c(c2-c2ccc4ncnn4c2/C=C/C(N)=O)CCC3)ccc1Cl. The highest BCUT2D eigenvalue weighted by Crippen LogP contribution is 2.43. The van der Waals surface area contributed by atoms with E-state index in [2.05, 4.69) is 70.6 Å². The van der Waals surface area contributed by atoms with E-state index in [4.69, 9.17) is 54.1 Å². The van der Waals surface area contributed by atoms with Gasteiger partial charge in [-0.2, -0.15) is 30.6 Å². The standard InChI is InChI=1S/2C22H21N7O.C21H18ClN7O/c1-13-10-14(2)26-16(11-13)22-21(18-4-3-9-28(18)27-22)15-5-8-20-24-12-25-29(20)17(15)6-7-19(23)30;1-2-14-5-3-6-16(26-14)22-21(18-7-4-12-28(18)27-22)15-8-11-20-24-13-25-29(20)17(15)9-10-19(23)30;1-12-14(22)5-6-15(26-12)21-20(17-3-2-10-28(17)27-21)13-4-9-19-24-11-25-29(19)16(13)7-8-18(23)30/h5-8,10-12H,3-4,9H2,1-2H3,(H2,23,30);3,5-6,8-11,13H,2,4,7,12H2,1H3,(H2,23,30);4-9,11H,2-3,10H2,1H3,(H2,23,30)/b7-6+;10-9+;8-7+. The molecule has 3 amide bonds. The lowest BCUT2D eigenvalue weighted by Crippen LogP contribution is -2.06. The highest BCUT2D eigenvalue weighted by Gasteiger charge is 2.30. The zero-order valence-corrected chi connectivity index (χ0v) is 50.4. The van der Waals surface area contributed by atoms with Crippen LogP contribution in [0.2, 0.25) is 5.02 Å². The molecule has 0 unspecified atom stereocenters. The molecule has 0 spiro atoms. The van der Waals surface area contributed by atoms with Gasteiger partial charge in [-0.15, -0.1) is 0 Å². The first-order valence-electron chi connectivity index (χ1n) is 29.5. The second-order valence-corrected chi connectivity index (χ2v) is 22.4. The van der Waals surface area contributed by atoms with E-state index in [1.54, 1.807) is 31.8 Å². The van der Waals surface area contributed by atoms with Crippen LogP contribution in [0, 0.1) is 20.8 Å². The maximum atomic E-state index is 11.5. The molecule has 3 aliphatic heterocycles. The quantitative estimate of drug-likeness (QED) is 0.0912. The molecule has 24 nitrogen and oxygen atoms in total. The molecule has 0 bridgehead atoms. The zero-order valence-electron chi connectivity index (χ0n) is 49.7. The molecule has 0 radical (unpaired) electrons. The molecule has 90 heavy (non-hydrogen) atoms. The van der Waals surface area contributed by atoms with E-state index < -0.39 is 17.7 Å². The van der Waals surface area contributed by atoms with E-state index in [9.17, 15) is 14.4 Å². The second-order valence-electron chi connectivity index (χ2n) is 22.0. The van der Waals surface area contributed by atoms with E-state index in [1.165, 1.54) is 48.6 Å². The summed E-state index contributed by atoms with van der Waals surface area (Å²) in [5, 5.41) is 28.3. The first kappa shape index (κ1) is 57.9. The summed E-state index contributed by atoms with van der Waals surface area (Å²) < 4.78 is 11.3. The Balaban J connectivity index is 0.000000124. The molecule has 6 N–H and O–H groups in total. The molecule has 0 fully saturated rings. The van der Waals surface area contributed by atoms with E-state index in [1.807, 2.05) is 85.3 Å². The van der Waals surface area contributed by atoms with Gasteiger partial charge < -0.3 is 17.2 Å². The Hall–Kier alpha value is -11.1. The topological polar surface area (TPSA) is 312 Å². The predicted molar refractivity (Wildman–Crippen MR) is 341 cm³/mol. The average Bonchev–Trinajstić information content (AvgIpc) is 1.60. The van der Waals surface area contributed by atoms with Gasteiger partial charge in [0, 0.05) is 99.7 Å². The largest absolute Gasteiger partial charge is 0.366 e. The molecule has 0 saturated carbocycles. The summed E-state index contributed by atoms with van der Waals surface area (Å²) in [6.45, 7) is 10.6. The fourth-order valence-corrected chi connectivity index (χ4v) is 12.3. The predicted octanol–water partition coefficient (Wildman–Crippen LogP) is 8.44. The van der Waals surface area contributed by atoms with Crippen molar-refractivity contribution in [2.75, 3.05) is 0 Å². The molecule has 0 atom stereocenters. The van der Waals surface area contributed by atoms with Gasteiger partial charge in [0.2, 0.25) is 17.7 Å². The van der Waals surface area contributed by atoms with Crippen LogP contribution in [0.4, 0.5) is 0 Å². The number of primary amides is 3. The Bertz CT molecular complexity index is 4920. The zero-order chi connectivity index (χ0) is 62.3. The summed E-state index contributed by atoms with van der Waals surface area (Å²) in [6.07, 6.45) is 20.3. The van der Waals surface area contributed by atoms with Gasteiger partial charge >= 0.3 is 0 Å². The molecule has 0 aromatic carbocycles. The molecule has 0 aliphatic carbocycles. The third-order valence-electron chi connectivity index (χ3n) is 16.0. The maximum Gasteiger partial charge on any atom is 0.241 e. The minimum atomic E-state index is -0.534. The van der Waals surface area contributed by atoms with Crippen molar-refractivity contribution < 1.29 is 14.4 Å². The van der Waals surface area contributed by atoms with Gasteiger partial charge in [-0.05, 0) is 162 Å². The first-order chi connectivity index (χ1) is 43.7. The Labute approximate surface area is 519 Å². The minimum Gasteiger partial charge on any atom is -0.366 e. The molecule has 450 valence electrons. The van der Waals surface area contributed by atoms with Crippen LogP contribution in [0.1, 0.15) is 83.0 Å². The Kier molecular flexibility index (Phi) is 15.6. The van der Waals surface area contributed by atoms with Gasteiger partial charge in [-0.25, -0.2) is 33.5 Å². The Morgan fingerprint density at radius 3 is 1.33 bits per heavy atom. The summed E-state index contributed by atoms with van der Waals surface area (Å²) in [5.74, 6) is -1.57. The van der Waals surface area contributed by atoms with Crippen LogP contribution in [0.25, 0.3) is 103 Å². The number of fused-ring (bicyclic) bond motifs is 6. The summed E-state index contributed by atoms with van der Waals surface area (Å²) >= 11 is 6.19. The Morgan fingerprint density at radius 1 is 0.511 bits per heavy atom. The number of pyridine rings is 6. The van der Waals surface area contributed by atoms with Crippen LogP contribution in [-0.4, -0.2) is 106 Å². The van der Waals surface area contributed by atoms with E-state index in [-0.39, 0.29) is 0 Å². The lowest BCUT2D eigenvalue weighted by atomic mass is 9.97. The summed E-state index contributed by atoms with van der Waals surface area (Å²) in [7, 11) is 0. The fourth-order valence-electron chi connectivity index (χ4n) is 12.1. The number of hydrogen-bond donors (Lipinski definition) is 3. The van der Waals surface area contributed by atoms with E-state index in [0.717, 1.165) is 172 Å². The van der Waals surface area contributed by atoms with Crippen molar-refractivity contribution in [2.45, 2.75) is 92.3 Å². The van der Waals surface area contributed by atoms with Gasteiger partial charge in [0.1, 0.15) is 36.1 Å². The smallest absolute Gasteiger partial charge is 0.241 e. The molecule has 12 aromatic heterocycles. The van der Waals surface area contributed by atoms with Crippen molar-refractivity contribution in [3.8, 4) is 67.5 Å². The van der Waals surface area contributed by atoms with Crippen molar-refractivity contribution in [2.24, 2.45) is 17.2 Å². The third kappa shape index (κ3) is 11.1. The van der Waals surface area contributed by atoms with Crippen LogP contribution in [0.3, 0.4) is 0 Å². The van der Waals surface area contributed by atoms with Crippen LogP contribution in [0.15, 0.2) is 116 Å². The molecule has 25 heteroatoms. The highest BCUT2D eigenvalue weighted by atomic mass is 35.5. The van der Waals surface area contributed by atoms with Crippen molar-refractivity contribution >= 4 is 64.5 Å². The summed E-state index contributed by atoms with van der Waals surface area (Å²) in [5.41, 5.74) is 38.3. The molecule has 0 saturated heterocycles. The lowest BCUT2D eigenvalue weighted by Gasteiger charge is -2.11. The minimum absolute atomic E-state index is 0.518. The van der Waals surface area contributed by atoms with Crippen LogP contribution >= 0.6 is 11.6 Å². The molecular formula is C65H60ClN21O3. The van der Waals surface area contributed by atoms with E-state index in [0.29, 0.717) is 27.7 Å². The number of carbonyl (C=O) groups excluding carboxylic acids is 3. The molecule has 3 aliphatic rings. The van der Waals surface area contributed by atoms with Gasteiger partial charge in [0.25, 0.3) is 0 Å². The normalized spacial score (nSPS) is 13.4. The van der Waals surface area contributed by atoms with Gasteiger partial charge in [0.05, 0.1) is 44.9 Å². The first-order valence-corrected chi connectivity index (χ1v) is 29.8. The summed E-state index contributed by atoms with van der Waals surface area (Å²) in [4.78, 5) is 61.4. The maximum absolute atomic E-state index is 11.5. The lowest BCUT2D eigenvalue weighted by molar-refractivity contribution is -0.114. The molecule has 15 rings (SSSR count). The molecular weight excluding hydrogens is 1160 g/mol. The fraction of sp³-hybridized carbons (Fsp3) is 0.215.